The molecule has 0 amide bonds. The fourth-order valence-corrected chi connectivity index (χ4v) is 3.85. The van der Waals surface area contributed by atoms with E-state index in [0.717, 1.165) is 16.8 Å². The van der Waals surface area contributed by atoms with Crippen LogP contribution in [0.5, 0.6) is 5.88 Å². The minimum absolute atomic E-state index is 0.0282. The second kappa shape index (κ2) is 10.7. The Labute approximate surface area is 196 Å². The van der Waals surface area contributed by atoms with Crippen LogP contribution in [-0.2, 0) is 4.74 Å². The summed E-state index contributed by atoms with van der Waals surface area (Å²) in [6.45, 7) is 0.0282. The summed E-state index contributed by atoms with van der Waals surface area (Å²) in [5.74, 6) is 0.306. The summed E-state index contributed by atoms with van der Waals surface area (Å²) in [5.41, 5.74) is 4.09. The number of nitrogens with zero attached hydrogens (tertiary/aromatic N) is 2. The zero-order valence-electron chi connectivity index (χ0n) is 18.7. The first-order chi connectivity index (χ1) is 16.4. The van der Waals surface area contributed by atoms with Gasteiger partial charge in [-0.3, -0.25) is 0 Å². The highest BCUT2D eigenvalue weighted by Crippen LogP contribution is 2.32. The minimum Gasteiger partial charge on any atom is -0.481 e. The lowest BCUT2D eigenvalue weighted by atomic mass is 9.97. The van der Waals surface area contributed by atoms with Gasteiger partial charge >= 0.3 is 6.18 Å². The third kappa shape index (κ3) is 5.91. The van der Waals surface area contributed by atoms with Crippen LogP contribution in [-0.4, -0.2) is 36.7 Å². The maximum Gasteiger partial charge on any atom is 0.414 e. The van der Waals surface area contributed by atoms with E-state index in [1.165, 1.54) is 7.11 Å². The Bertz CT molecular complexity index is 1100. The zero-order valence-corrected chi connectivity index (χ0v) is 18.7. The maximum atomic E-state index is 12.8. The van der Waals surface area contributed by atoms with Crippen molar-refractivity contribution in [3.8, 4) is 5.88 Å². The van der Waals surface area contributed by atoms with E-state index in [9.17, 15) is 13.2 Å². The predicted molar refractivity (Wildman–Crippen MR) is 127 cm³/mol. The van der Waals surface area contributed by atoms with Crippen molar-refractivity contribution in [3.05, 3.63) is 95.7 Å². The molecule has 2 heterocycles. The number of rotatable bonds is 6. The van der Waals surface area contributed by atoms with Gasteiger partial charge < -0.3 is 9.47 Å². The summed E-state index contributed by atoms with van der Waals surface area (Å²) in [4.78, 5) is 9.27. The molecule has 1 aliphatic rings. The fourth-order valence-electron chi connectivity index (χ4n) is 3.85. The Morgan fingerprint density at radius 1 is 1.03 bits per heavy atom. The normalized spacial score (nSPS) is 18.6. The molecule has 1 saturated heterocycles. The van der Waals surface area contributed by atoms with Gasteiger partial charge in [-0.15, -0.1) is 0 Å². The van der Waals surface area contributed by atoms with E-state index < -0.39 is 12.3 Å². The summed E-state index contributed by atoms with van der Waals surface area (Å²) in [6, 6.07) is 21.6. The van der Waals surface area contributed by atoms with Crippen molar-refractivity contribution in [1.82, 2.24) is 4.98 Å². The SMILES string of the molecule is COc1ncc(N=C(c2ccccc2)c2ccccc2)cc1/C=C/C1CCC(C(F)(F)F)OC1. The molecule has 4 nitrogen and oxygen atoms in total. The molecule has 4 rings (SSSR count). The summed E-state index contributed by atoms with van der Waals surface area (Å²) >= 11 is 0. The number of ether oxygens (including phenoxy) is 2. The minimum atomic E-state index is -4.32. The van der Waals surface area contributed by atoms with Gasteiger partial charge in [0, 0.05) is 22.6 Å². The van der Waals surface area contributed by atoms with Crippen molar-refractivity contribution in [2.45, 2.75) is 25.1 Å². The van der Waals surface area contributed by atoms with Gasteiger partial charge in [-0.25, -0.2) is 9.98 Å². The van der Waals surface area contributed by atoms with Crippen molar-refractivity contribution in [1.29, 1.82) is 0 Å². The molecule has 0 aliphatic carbocycles. The van der Waals surface area contributed by atoms with Gasteiger partial charge in [0.2, 0.25) is 5.88 Å². The summed E-state index contributed by atoms with van der Waals surface area (Å²) in [5, 5.41) is 0. The van der Waals surface area contributed by atoms with Crippen LogP contribution in [0, 0.1) is 5.92 Å². The maximum absolute atomic E-state index is 12.8. The topological polar surface area (TPSA) is 43.7 Å². The van der Waals surface area contributed by atoms with Gasteiger partial charge in [0.15, 0.2) is 6.10 Å². The molecular formula is C27H25F3N2O2. The quantitative estimate of drug-likeness (QED) is 0.383. The van der Waals surface area contributed by atoms with Crippen LogP contribution in [0.25, 0.3) is 6.08 Å². The van der Waals surface area contributed by atoms with E-state index >= 15 is 0 Å². The lowest BCUT2D eigenvalue weighted by Crippen LogP contribution is -2.37. The second-order valence-corrected chi connectivity index (χ2v) is 8.04. The van der Waals surface area contributed by atoms with Crippen LogP contribution < -0.4 is 4.74 Å². The molecule has 0 spiro atoms. The van der Waals surface area contributed by atoms with E-state index in [1.807, 2.05) is 78.9 Å². The molecule has 2 unspecified atom stereocenters. The van der Waals surface area contributed by atoms with E-state index in [1.54, 1.807) is 6.20 Å². The lowest BCUT2D eigenvalue weighted by Gasteiger charge is -2.28. The Kier molecular flexibility index (Phi) is 7.43. The van der Waals surface area contributed by atoms with Crippen molar-refractivity contribution < 1.29 is 22.6 Å². The van der Waals surface area contributed by atoms with Crippen molar-refractivity contribution in [3.63, 3.8) is 0 Å². The second-order valence-electron chi connectivity index (χ2n) is 8.04. The molecule has 0 N–H and O–H groups in total. The summed E-state index contributed by atoms with van der Waals surface area (Å²) in [6.07, 6.45) is -0.327. The monoisotopic (exact) mass is 466 g/mol. The van der Waals surface area contributed by atoms with E-state index in [-0.39, 0.29) is 18.9 Å². The van der Waals surface area contributed by atoms with Gasteiger partial charge in [0.1, 0.15) is 0 Å². The molecule has 2 aromatic carbocycles. The van der Waals surface area contributed by atoms with Gasteiger partial charge in [0.05, 0.1) is 31.3 Å². The third-order valence-corrected chi connectivity index (χ3v) is 5.62. The van der Waals surface area contributed by atoms with Crippen LogP contribution in [0.1, 0.15) is 29.5 Å². The number of halogens is 3. The number of benzene rings is 2. The van der Waals surface area contributed by atoms with Crippen LogP contribution in [0.3, 0.4) is 0 Å². The highest BCUT2D eigenvalue weighted by Gasteiger charge is 2.42. The molecule has 1 aromatic heterocycles. The number of aliphatic imine (C=N–C) groups is 1. The predicted octanol–water partition coefficient (Wildman–Crippen LogP) is 6.63. The molecule has 0 radical (unpaired) electrons. The van der Waals surface area contributed by atoms with Crippen LogP contribution >= 0.6 is 0 Å². The molecule has 3 aromatic rings. The van der Waals surface area contributed by atoms with Crippen molar-refractivity contribution >= 4 is 17.5 Å². The Morgan fingerprint density at radius 2 is 1.68 bits per heavy atom. The van der Waals surface area contributed by atoms with Gasteiger partial charge in [-0.1, -0.05) is 72.8 Å². The Morgan fingerprint density at radius 3 is 2.21 bits per heavy atom. The van der Waals surface area contributed by atoms with E-state index in [4.69, 9.17) is 14.5 Å². The average Bonchev–Trinajstić information content (AvgIpc) is 2.87. The van der Waals surface area contributed by atoms with E-state index in [0.29, 0.717) is 23.6 Å². The van der Waals surface area contributed by atoms with Gasteiger partial charge in [-0.2, -0.15) is 13.2 Å². The third-order valence-electron chi connectivity index (χ3n) is 5.62. The molecule has 0 saturated carbocycles. The van der Waals surface area contributed by atoms with Crippen LogP contribution in [0.15, 0.2) is 84.0 Å². The van der Waals surface area contributed by atoms with Crippen molar-refractivity contribution in [2.75, 3.05) is 13.7 Å². The zero-order chi connectivity index (χ0) is 24.0. The van der Waals surface area contributed by atoms with Gasteiger partial charge in [-0.05, 0) is 18.9 Å². The molecule has 1 aliphatic heterocycles. The van der Waals surface area contributed by atoms with Gasteiger partial charge in [0.25, 0.3) is 0 Å². The van der Waals surface area contributed by atoms with E-state index in [2.05, 4.69) is 4.98 Å². The molecule has 176 valence electrons. The first-order valence-electron chi connectivity index (χ1n) is 11.0. The number of alkyl halides is 3. The molecule has 1 fully saturated rings. The Hall–Kier alpha value is -3.45. The molecular weight excluding hydrogens is 441 g/mol. The highest BCUT2D eigenvalue weighted by molar-refractivity contribution is 6.13. The van der Waals surface area contributed by atoms with Crippen LogP contribution in [0.4, 0.5) is 18.9 Å². The Balaban J connectivity index is 1.60. The number of methoxy groups -OCH3 is 1. The average molecular weight is 467 g/mol. The van der Waals surface area contributed by atoms with Crippen LogP contribution in [0.2, 0.25) is 0 Å². The van der Waals surface area contributed by atoms with Crippen molar-refractivity contribution in [2.24, 2.45) is 10.9 Å². The highest BCUT2D eigenvalue weighted by atomic mass is 19.4. The summed E-state index contributed by atoms with van der Waals surface area (Å²) < 4.78 is 48.9. The number of hydrogen-bond donors (Lipinski definition) is 0. The molecule has 0 bridgehead atoms. The number of aromatic nitrogens is 1. The summed E-state index contributed by atoms with van der Waals surface area (Å²) in [7, 11) is 1.53. The smallest absolute Gasteiger partial charge is 0.414 e. The standard InChI is InChI=1S/C27H25F3N2O2/c1-33-26-22(14-12-19-13-15-24(34-18-19)27(28,29)30)16-23(17-31-26)32-25(20-8-4-2-5-9-20)21-10-6-3-7-11-21/h2-12,14,16-17,19,24H,13,15,18H2,1H3/b14-12+. The largest absolute Gasteiger partial charge is 0.481 e. The molecule has 2 atom stereocenters. The molecule has 7 heteroatoms. The molecule has 34 heavy (non-hydrogen) atoms. The number of hydrogen-bond acceptors (Lipinski definition) is 4. The first kappa shape index (κ1) is 23.7. The lowest BCUT2D eigenvalue weighted by molar-refractivity contribution is -0.233. The number of pyridine rings is 1. The fraction of sp³-hybridized carbons (Fsp3) is 0.259. The first-order valence-corrected chi connectivity index (χ1v) is 11.0.